The Kier molecular flexibility index (Phi) is 6.94. The molecule has 1 aliphatic heterocycles. The van der Waals surface area contributed by atoms with E-state index < -0.39 is 5.41 Å². The van der Waals surface area contributed by atoms with Crippen LogP contribution < -0.4 is 10.1 Å². The van der Waals surface area contributed by atoms with Crippen LogP contribution in [0.5, 0.6) is 5.75 Å². The van der Waals surface area contributed by atoms with Crippen molar-refractivity contribution in [2.75, 3.05) is 32.2 Å². The van der Waals surface area contributed by atoms with E-state index in [9.17, 15) is 4.79 Å². The van der Waals surface area contributed by atoms with E-state index in [1.54, 1.807) is 25.3 Å². The number of nitrogens with one attached hydrogen (secondary N) is 1. The summed E-state index contributed by atoms with van der Waals surface area (Å²) < 4.78 is 16.4. The summed E-state index contributed by atoms with van der Waals surface area (Å²) in [5, 5.41) is 3.48. The van der Waals surface area contributed by atoms with Crippen LogP contribution in [-0.2, 0) is 19.7 Å². The third-order valence-corrected chi connectivity index (χ3v) is 5.32. The summed E-state index contributed by atoms with van der Waals surface area (Å²) in [6.07, 6.45) is 1.17. The van der Waals surface area contributed by atoms with Gasteiger partial charge in [-0.25, -0.2) is 0 Å². The van der Waals surface area contributed by atoms with E-state index in [1.165, 1.54) is 0 Å². The number of halogens is 1. The monoisotopic (exact) mass is 403 g/mol. The number of anilines is 1. The van der Waals surface area contributed by atoms with E-state index in [0.717, 1.165) is 5.56 Å². The van der Waals surface area contributed by atoms with Crippen LogP contribution in [0.25, 0.3) is 0 Å². The molecule has 1 atom stereocenters. The van der Waals surface area contributed by atoms with Gasteiger partial charge in [-0.1, -0.05) is 41.9 Å². The number of amides is 1. The van der Waals surface area contributed by atoms with Crippen LogP contribution in [0.15, 0.2) is 48.5 Å². The third-order valence-electron chi connectivity index (χ3n) is 5.03. The number of carbonyl (C=O) groups is 1. The number of hydrogen-bond acceptors (Lipinski definition) is 4. The maximum atomic E-state index is 13.3. The third kappa shape index (κ3) is 4.66. The van der Waals surface area contributed by atoms with Crippen molar-refractivity contribution in [1.82, 2.24) is 0 Å². The molecule has 1 fully saturated rings. The van der Waals surface area contributed by atoms with Crippen molar-refractivity contribution in [3.8, 4) is 5.75 Å². The van der Waals surface area contributed by atoms with E-state index >= 15 is 0 Å². The van der Waals surface area contributed by atoms with Crippen molar-refractivity contribution in [1.29, 1.82) is 0 Å². The molecule has 2 aromatic carbocycles. The van der Waals surface area contributed by atoms with E-state index in [2.05, 4.69) is 5.32 Å². The summed E-state index contributed by atoms with van der Waals surface area (Å²) in [4.78, 5) is 13.3. The molecule has 0 bridgehead atoms. The van der Waals surface area contributed by atoms with Gasteiger partial charge < -0.3 is 19.5 Å². The molecule has 6 heteroatoms. The molecular formula is C22H26ClNO4. The molecule has 150 valence electrons. The van der Waals surface area contributed by atoms with Crippen LogP contribution in [0.3, 0.4) is 0 Å². The minimum absolute atomic E-state index is 0.0421. The van der Waals surface area contributed by atoms with Crippen LogP contribution in [0.1, 0.15) is 25.3 Å². The lowest BCUT2D eigenvalue weighted by molar-refractivity contribution is -0.125. The van der Waals surface area contributed by atoms with Gasteiger partial charge in [-0.15, -0.1) is 0 Å². The highest BCUT2D eigenvalue weighted by Crippen LogP contribution is 2.37. The first-order valence-corrected chi connectivity index (χ1v) is 9.83. The average Bonchev–Trinajstić information content (AvgIpc) is 2.71. The standard InChI is InChI=1S/C22H26ClNO4/c1-16(15-26-2)28-20-9-8-18(14-19(20)23)24-21(25)22(10-12-27-13-11-22)17-6-4-3-5-7-17/h3-9,14,16H,10-13,15H2,1-2H3,(H,24,25)/t16-/m0/s1. The van der Waals surface area contributed by atoms with Crippen molar-refractivity contribution >= 4 is 23.2 Å². The number of benzene rings is 2. The van der Waals surface area contributed by atoms with Gasteiger partial charge in [-0.2, -0.15) is 0 Å². The summed E-state index contributed by atoms with van der Waals surface area (Å²) >= 11 is 6.36. The zero-order chi connectivity index (χ0) is 20.0. The van der Waals surface area contributed by atoms with Crippen LogP contribution >= 0.6 is 11.6 Å². The van der Waals surface area contributed by atoms with E-state index in [1.807, 2.05) is 37.3 Å². The number of rotatable bonds is 7. The van der Waals surface area contributed by atoms with Gasteiger partial charge >= 0.3 is 0 Å². The van der Waals surface area contributed by atoms with Crippen LogP contribution in [-0.4, -0.2) is 38.9 Å². The minimum Gasteiger partial charge on any atom is -0.487 e. The SMILES string of the molecule is COC[C@H](C)Oc1ccc(NC(=O)C2(c3ccccc3)CCOCC2)cc1Cl. The van der Waals surface area contributed by atoms with Gasteiger partial charge in [0.05, 0.1) is 17.0 Å². The molecule has 1 N–H and O–H groups in total. The molecule has 2 aromatic rings. The minimum atomic E-state index is -0.603. The molecular weight excluding hydrogens is 378 g/mol. The molecule has 0 spiro atoms. The molecule has 28 heavy (non-hydrogen) atoms. The second-order valence-corrected chi connectivity index (χ2v) is 7.45. The van der Waals surface area contributed by atoms with Gasteiger partial charge in [0.2, 0.25) is 5.91 Å². The predicted octanol–water partition coefficient (Wildman–Crippen LogP) is 4.44. The van der Waals surface area contributed by atoms with Gasteiger partial charge in [-0.3, -0.25) is 4.79 Å². The summed E-state index contributed by atoms with van der Waals surface area (Å²) in [5.41, 5.74) is 1.05. The van der Waals surface area contributed by atoms with Crippen LogP contribution in [0, 0.1) is 0 Å². The summed E-state index contributed by atoms with van der Waals surface area (Å²) in [6.45, 7) is 3.50. The zero-order valence-corrected chi connectivity index (χ0v) is 17.0. The molecule has 5 nitrogen and oxygen atoms in total. The average molecular weight is 404 g/mol. The van der Waals surface area contributed by atoms with Crippen molar-refractivity contribution in [3.63, 3.8) is 0 Å². The smallest absolute Gasteiger partial charge is 0.235 e. The largest absolute Gasteiger partial charge is 0.487 e. The van der Waals surface area contributed by atoms with Crippen LogP contribution in [0.4, 0.5) is 5.69 Å². The molecule has 0 aliphatic carbocycles. The Morgan fingerprint density at radius 1 is 1.21 bits per heavy atom. The number of ether oxygens (including phenoxy) is 3. The molecule has 0 saturated carbocycles. The van der Waals surface area contributed by atoms with E-state index in [4.69, 9.17) is 25.8 Å². The maximum Gasteiger partial charge on any atom is 0.235 e. The molecule has 1 heterocycles. The van der Waals surface area contributed by atoms with Crippen molar-refractivity contribution in [3.05, 3.63) is 59.1 Å². The van der Waals surface area contributed by atoms with Crippen molar-refractivity contribution in [2.45, 2.75) is 31.3 Å². The fourth-order valence-electron chi connectivity index (χ4n) is 3.53. The van der Waals surface area contributed by atoms with Gasteiger partial charge in [0.15, 0.2) is 0 Å². The molecule has 0 unspecified atom stereocenters. The Bertz CT molecular complexity index is 790. The molecule has 1 amide bonds. The van der Waals surface area contributed by atoms with E-state index in [-0.39, 0.29) is 12.0 Å². The maximum absolute atomic E-state index is 13.3. The van der Waals surface area contributed by atoms with Gasteiger partial charge in [-0.05, 0) is 43.5 Å². The molecule has 1 saturated heterocycles. The summed E-state index contributed by atoms with van der Waals surface area (Å²) in [6, 6.07) is 15.2. The lowest BCUT2D eigenvalue weighted by atomic mass is 9.73. The van der Waals surface area contributed by atoms with E-state index in [0.29, 0.717) is 49.1 Å². The lowest BCUT2D eigenvalue weighted by Gasteiger charge is -2.36. The van der Waals surface area contributed by atoms with Gasteiger partial charge in [0, 0.05) is 26.0 Å². The Labute approximate surface area is 170 Å². The zero-order valence-electron chi connectivity index (χ0n) is 16.2. The Balaban J connectivity index is 1.78. The Morgan fingerprint density at radius 2 is 1.93 bits per heavy atom. The molecule has 3 rings (SSSR count). The highest BCUT2D eigenvalue weighted by Gasteiger charge is 2.41. The molecule has 1 aliphatic rings. The summed E-state index contributed by atoms with van der Waals surface area (Å²) in [5.74, 6) is 0.521. The number of hydrogen-bond donors (Lipinski definition) is 1. The second-order valence-electron chi connectivity index (χ2n) is 7.04. The summed E-state index contributed by atoms with van der Waals surface area (Å²) in [7, 11) is 1.62. The first kappa shape index (κ1) is 20.6. The fourth-order valence-corrected chi connectivity index (χ4v) is 3.76. The fraction of sp³-hybridized carbons (Fsp3) is 0.409. The highest BCUT2D eigenvalue weighted by atomic mass is 35.5. The topological polar surface area (TPSA) is 56.8 Å². The predicted molar refractivity (Wildman–Crippen MR) is 110 cm³/mol. The molecule has 0 aromatic heterocycles. The Hall–Kier alpha value is -2.08. The quantitative estimate of drug-likeness (QED) is 0.742. The van der Waals surface area contributed by atoms with Crippen molar-refractivity contribution in [2.24, 2.45) is 0 Å². The van der Waals surface area contributed by atoms with Crippen molar-refractivity contribution < 1.29 is 19.0 Å². The lowest BCUT2D eigenvalue weighted by Crippen LogP contribution is -2.44. The van der Waals surface area contributed by atoms with Gasteiger partial charge in [0.1, 0.15) is 11.9 Å². The van der Waals surface area contributed by atoms with Gasteiger partial charge in [0.25, 0.3) is 0 Å². The molecule has 0 radical (unpaired) electrons. The number of methoxy groups -OCH3 is 1. The first-order chi connectivity index (χ1) is 13.5. The Morgan fingerprint density at radius 3 is 2.57 bits per heavy atom. The van der Waals surface area contributed by atoms with Crippen LogP contribution in [0.2, 0.25) is 5.02 Å². The number of carbonyl (C=O) groups excluding carboxylic acids is 1. The highest BCUT2D eigenvalue weighted by molar-refractivity contribution is 6.32. The normalized spacial score (nSPS) is 17.0. The second kappa shape index (κ2) is 9.41. The first-order valence-electron chi connectivity index (χ1n) is 9.45.